The van der Waals surface area contributed by atoms with Crippen LogP contribution in [0.5, 0.6) is 0 Å². The lowest BCUT2D eigenvalue weighted by Gasteiger charge is -2.40. The van der Waals surface area contributed by atoms with Crippen LogP contribution < -0.4 is 5.32 Å². The second-order valence-corrected chi connectivity index (χ2v) is 6.46. The maximum Gasteiger partial charge on any atom is 0.233 e. The van der Waals surface area contributed by atoms with Gasteiger partial charge in [-0.2, -0.15) is 0 Å². The number of hydrogen-bond acceptors (Lipinski definition) is 3. The molecule has 1 aromatic rings. The monoisotopic (exact) mass is 302 g/mol. The van der Waals surface area contributed by atoms with E-state index >= 15 is 0 Å². The summed E-state index contributed by atoms with van der Waals surface area (Å²) < 4.78 is 5.55. The first-order chi connectivity index (χ1) is 10.7. The summed E-state index contributed by atoms with van der Waals surface area (Å²) >= 11 is 0. The summed E-state index contributed by atoms with van der Waals surface area (Å²) in [5.41, 5.74) is 2.00. The van der Waals surface area contributed by atoms with Crippen molar-refractivity contribution in [3.63, 3.8) is 0 Å². The van der Waals surface area contributed by atoms with Gasteiger partial charge in [-0.25, -0.2) is 0 Å². The molecule has 0 atom stereocenters. The van der Waals surface area contributed by atoms with Crippen molar-refractivity contribution in [2.45, 2.75) is 31.6 Å². The van der Waals surface area contributed by atoms with E-state index in [1.54, 1.807) is 0 Å². The number of ether oxygens (including phenoxy) is 1. The molecule has 1 amide bonds. The van der Waals surface area contributed by atoms with Crippen molar-refractivity contribution in [3.05, 3.63) is 35.4 Å². The number of benzene rings is 1. The molecule has 2 fully saturated rings. The van der Waals surface area contributed by atoms with Gasteiger partial charge in [0.1, 0.15) is 0 Å². The van der Waals surface area contributed by atoms with Gasteiger partial charge in [-0.3, -0.25) is 4.79 Å². The summed E-state index contributed by atoms with van der Waals surface area (Å²) in [5.74, 6) is 0.295. The molecule has 0 bridgehead atoms. The van der Waals surface area contributed by atoms with Gasteiger partial charge in [-0.15, -0.1) is 0 Å². The third-order valence-corrected chi connectivity index (χ3v) is 4.99. The number of aryl methyl sites for hydroxylation is 1. The van der Waals surface area contributed by atoms with Gasteiger partial charge in [-0.05, 0) is 38.3 Å². The topological polar surface area (TPSA) is 41.6 Å². The highest BCUT2D eigenvalue weighted by atomic mass is 16.5. The van der Waals surface area contributed by atoms with E-state index in [2.05, 4.69) is 41.4 Å². The Hall–Kier alpha value is -1.39. The van der Waals surface area contributed by atoms with E-state index in [9.17, 15) is 4.79 Å². The maximum absolute atomic E-state index is 13.4. The fraction of sp³-hybridized carbons (Fsp3) is 0.611. The Morgan fingerprint density at radius 1 is 1.14 bits per heavy atom. The second kappa shape index (κ2) is 6.80. The van der Waals surface area contributed by atoms with E-state index in [0.29, 0.717) is 19.1 Å². The molecule has 2 heterocycles. The molecule has 0 aliphatic carbocycles. The van der Waals surface area contributed by atoms with Crippen molar-refractivity contribution in [3.8, 4) is 0 Å². The summed E-state index contributed by atoms with van der Waals surface area (Å²) in [4.78, 5) is 15.4. The molecule has 2 saturated heterocycles. The molecule has 4 nitrogen and oxygen atoms in total. The van der Waals surface area contributed by atoms with Crippen LogP contribution in [0.1, 0.15) is 30.4 Å². The van der Waals surface area contributed by atoms with Crippen molar-refractivity contribution in [1.29, 1.82) is 0 Å². The van der Waals surface area contributed by atoms with Gasteiger partial charge < -0.3 is 15.0 Å². The van der Waals surface area contributed by atoms with Crippen molar-refractivity contribution >= 4 is 5.91 Å². The molecule has 3 rings (SSSR count). The number of nitrogens with zero attached hydrogens (tertiary/aromatic N) is 1. The van der Waals surface area contributed by atoms with Crippen molar-refractivity contribution in [1.82, 2.24) is 10.2 Å². The molecule has 0 unspecified atom stereocenters. The van der Waals surface area contributed by atoms with Crippen LogP contribution in [-0.4, -0.2) is 50.2 Å². The molecule has 4 heteroatoms. The Morgan fingerprint density at radius 2 is 1.86 bits per heavy atom. The van der Waals surface area contributed by atoms with Gasteiger partial charge in [0.2, 0.25) is 5.91 Å². The zero-order valence-corrected chi connectivity index (χ0v) is 13.4. The minimum Gasteiger partial charge on any atom is -0.381 e. The molecule has 2 aliphatic rings. The Morgan fingerprint density at radius 3 is 2.59 bits per heavy atom. The smallest absolute Gasteiger partial charge is 0.233 e. The second-order valence-electron chi connectivity index (χ2n) is 6.46. The normalized spacial score (nSPS) is 22.1. The van der Waals surface area contributed by atoms with E-state index in [1.165, 1.54) is 5.56 Å². The Balaban J connectivity index is 1.90. The molecule has 2 aliphatic heterocycles. The number of carbonyl (C=O) groups is 1. The van der Waals surface area contributed by atoms with Gasteiger partial charge in [0, 0.05) is 32.8 Å². The van der Waals surface area contributed by atoms with Crippen LogP contribution in [0.3, 0.4) is 0 Å². The number of hydrogen-bond donors (Lipinski definition) is 1. The zero-order valence-electron chi connectivity index (χ0n) is 13.4. The highest BCUT2D eigenvalue weighted by molar-refractivity contribution is 5.88. The lowest BCUT2D eigenvalue weighted by molar-refractivity contribution is -0.141. The van der Waals surface area contributed by atoms with E-state index < -0.39 is 5.41 Å². The first kappa shape index (κ1) is 15.5. The van der Waals surface area contributed by atoms with Crippen LogP contribution in [0.25, 0.3) is 0 Å². The predicted molar refractivity (Wildman–Crippen MR) is 87.0 cm³/mol. The first-order valence-electron chi connectivity index (χ1n) is 8.37. The van der Waals surface area contributed by atoms with Crippen molar-refractivity contribution < 1.29 is 9.53 Å². The van der Waals surface area contributed by atoms with Gasteiger partial charge in [0.25, 0.3) is 0 Å². The lowest BCUT2D eigenvalue weighted by Crippen LogP contribution is -2.50. The van der Waals surface area contributed by atoms with Crippen molar-refractivity contribution in [2.24, 2.45) is 0 Å². The zero-order chi connectivity index (χ0) is 15.4. The number of amides is 1. The standard InChI is InChI=1S/C18H26N2O2/c1-15-3-5-16(6-4-15)18(7-13-22-14-8-18)17(21)20-11-2-9-19-10-12-20/h3-6,19H,2,7-14H2,1H3. The van der Waals surface area contributed by atoms with E-state index in [4.69, 9.17) is 4.74 Å². The minimum absolute atomic E-state index is 0.295. The van der Waals surface area contributed by atoms with E-state index in [0.717, 1.165) is 51.0 Å². The molecule has 120 valence electrons. The van der Waals surface area contributed by atoms with Crippen LogP contribution >= 0.6 is 0 Å². The molecule has 0 radical (unpaired) electrons. The van der Waals surface area contributed by atoms with Crippen LogP contribution in [-0.2, 0) is 14.9 Å². The van der Waals surface area contributed by atoms with Crippen LogP contribution in [0.15, 0.2) is 24.3 Å². The minimum atomic E-state index is -0.393. The molecule has 22 heavy (non-hydrogen) atoms. The molecule has 0 spiro atoms. The summed E-state index contributed by atoms with van der Waals surface area (Å²) in [7, 11) is 0. The van der Waals surface area contributed by atoms with Crippen LogP contribution in [0, 0.1) is 6.92 Å². The Labute approximate surface area is 132 Å². The summed E-state index contributed by atoms with van der Waals surface area (Å²) in [6.07, 6.45) is 2.61. The van der Waals surface area contributed by atoms with Gasteiger partial charge in [-0.1, -0.05) is 29.8 Å². The molecular weight excluding hydrogens is 276 g/mol. The average Bonchev–Trinajstić information content (AvgIpc) is 2.84. The predicted octanol–water partition coefficient (Wildman–Crippen LogP) is 1.87. The first-order valence-corrected chi connectivity index (χ1v) is 8.37. The fourth-order valence-electron chi connectivity index (χ4n) is 3.57. The van der Waals surface area contributed by atoms with Gasteiger partial charge >= 0.3 is 0 Å². The van der Waals surface area contributed by atoms with Crippen LogP contribution in [0.4, 0.5) is 0 Å². The summed E-state index contributed by atoms with van der Waals surface area (Å²) in [6, 6.07) is 8.50. The van der Waals surface area contributed by atoms with Crippen molar-refractivity contribution in [2.75, 3.05) is 39.4 Å². The maximum atomic E-state index is 13.4. The SMILES string of the molecule is Cc1ccc(C2(C(=O)N3CCCNCC3)CCOCC2)cc1. The molecule has 0 aromatic heterocycles. The fourth-order valence-corrected chi connectivity index (χ4v) is 3.57. The Kier molecular flexibility index (Phi) is 4.79. The molecule has 0 saturated carbocycles. The summed E-state index contributed by atoms with van der Waals surface area (Å²) in [6.45, 7) is 7.00. The lowest BCUT2D eigenvalue weighted by atomic mass is 9.72. The van der Waals surface area contributed by atoms with E-state index in [1.807, 2.05) is 0 Å². The largest absolute Gasteiger partial charge is 0.381 e. The Bertz CT molecular complexity index is 498. The third kappa shape index (κ3) is 3.03. The molecule has 1 N–H and O–H groups in total. The number of nitrogens with one attached hydrogen (secondary N) is 1. The third-order valence-electron chi connectivity index (χ3n) is 4.99. The molecule has 1 aromatic carbocycles. The highest BCUT2D eigenvalue weighted by Gasteiger charge is 2.43. The summed E-state index contributed by atoms with van der Waals surface area (Å²) in [5, 5.41) is 3.38. The number of rotatable bonds is 2. The quantitative estimate of drug-likeness (QED) is 0.907. The van der Waals surface area contributed by atoms with Gasteiger partial charge in [0.05, 0.1) is 5.41 Å². The average molecular weight is 302 g/mol. The highest BCUT2D eigenvalue weighted by Crippen LogP contribution is 2.37. The van der Waals surface area contributed by atoms with Crippen LogP contribution in [0.2, 0.25) is 0 Å². The van der Waals surface area contributed by atoms with E-state index in [-0.39, 0.29) is 0 Å². The van der Waals surface area contributed by atoms with Gasteiger partial charge in [0.15, 0.2) is 0 Å². The number of carbonyl (C=O) groups excluding carboxylic acids is 1. The molecular formula is C18H26N2O2.